The molecular weight excluding hydrogens is 470 g/mol. The van der Waals surface area contributed by atoms with E-state index in [2.05, 4.69) is 20.7 Å². The fourth-order valence-corrected chi connectivity index (χ4v) is 4.24. The lowest BCUT2D eigenvalue weighted by molar-refractivity contribution is -0.118. The maximum atomic E-state index is 12.5. The Labute approximate surface area is 206 Å². The molecule has 0 fully saturated rings. The Hall–Kier alpha value is -3.62. The second kappa shape index (κ2) is 11.0. The number of hydrogen-bond acceptors (Lipinski definition) is 6. The van der Waals surface area contributed by atoms with E-state index >= 15 is 0 Å². The van der Waals surface area contributed by atoms with Crippen molar-refractivity contribution in [2.75, 3.05) is 12.9 Å². The molecule has 1 heterocycles. The monoisotopic (exact) mass is 491 g/mol. The van der Waals surface area contributed by atoms with Crippen LogP contribution in [0.2, 0.25) is 5.02 Å². The molecule has 0 aliphatic heterocycles. The van der Waals surface area contributed by atoms with Crippen LogP contribution >= 0.6 is 23.4 Å². The lowest BCUT2D eigenvalue weighted by Crippen LogP contribution is -2.21. The zero-order chi connectivity index (χ0) is 23.9. The molecule has 0 aliphatic rings. The maximum absolute atomic E-state index is 12.5. The number of nitrogens with zero attached hydrogens (tertiary/aromatic N) is 4. The topological polar surface area (TPSA) is 81.4 Å². The Morgan fingerprint density at radius 3 is 2.44 bits per heavy atom. The molecule has 0 bridgehead atoms. The Balaban J connectivity index is 1.52. The van der Waals surface area contributed by atoms with E-state index in [4.69, 9.17) is 16.3 Å². The van der Waals surface area contributed by atoms with Gasteiger partial charge in [0.05, 0.1) is 18.6 Å². The summed E-state index contributed by atoms with van der Waals surface area (Å²) in [5, 5.41) is 14.1. The standard InChI is InChI=1S/C25H22ClN5O2S/c1-17(21-10-6-7-11-22(21)26)27-28-23(32)16-34-25-30-29-24(18-12-14-20(33-2)15-13-18)31(25)19-8-4-3-5-9-19/h3-15H,16H2,1-2H3,(H,28,32)/b27-17-. The molecule has 172 valence electrons. The van der Waals surface area contributed by atoms with Gasteiger partial charge in [-0.05, 0) is 49.4 Å². The van der Waals surface area contributed by atoms with Crippen molar-refractivity contribution in [1.29, 1.82) is 0 Å². The first-order valence-corrected chi connectivity index (χ1v) is 11.8. The predicted molar refractivity (Wildman–Crippen MR) is 136 cm³/mol. The summed E-state index contributed by atoms with van der Waals surface area (Å²) in [5.41, 5.74) is 5.76. The minimum atomic E-state index is -0.259. The molecule has 7 nitrogen and oxygen atoms in total. The van der Waals surface area contributed by atoms with Crippen molar-refractivity contribution >= 4 is 35.0 Å². The highest BCUT2D eigenvalue weighted by Gasteiger charge is 2.17. The second-order valence-corrected chi connectivity index (χ2v) is 8.56. The van der Waals surface area contributed by atoms with Crippen LogP contribution in [0.1, 0.15) is 12.5 Å². The molecule has 4 rings (SSSR count). The van der Waals surface area contributed by atoms with E-state index in [-0.39, 0.29) is 11.7 Å². The van der Waals surface area contributed by atoms with Gasteiger partial charge in [0.15, 0.2) is 11.0 Å². The molecule has 1 aromatic heterocycles. The SMILES string of the molecule is COc1ccc(-c2nnc(SCC(=O)N/N=C(/C)c3ccccc3Cl)n2-c2ccccc2)cc1. The normalized spacial score (nSPS) is 11.3. The van der Waals surface area contributed by atoms with Gasteiger partial charge in [0.25, 0.3) is 5.91 Å². The third kappa shape index (κ3) is 5.47. The number of carbonyl (C=O) groups excluding carboxylic acids is 1. The fourth-order valence-electron chi connectivity index (χ4n) is 3.22. The molecule has 0 radical (unpaired) electrons. The number of ether oxygens (including phenoxy) is 1. The first kappa shape index (κ1) is 23.5. The van der Waals surface area contributed by atoms with Crippen molar-refractivity contribution in [1.82, 2.24) is 20.2 Å². The molecular formula is C25H22ClN5O2S. The van der Waals surface area contributed by atoms with E-state index < -0.39 is 0 Å². The van der Waals surface area contributed by atoms with Crippen molar-refractivity contribution in [2.24, 2.45) is 5.10 Å². The van der Waals surface area contributed by atoms with Crippen molar-refractivity contribution in [3.05, 3.63) is 89.4 Å². The number of benzene rings is 3. The molecule has 34 heavy (non-hydrogen) atoms. The van der Waals surface area contributed by atoms with Crippen LogP contribution < -0.4 is 10.2 Å². The average Bonchev–Trinajstić information content (AvgIpc) is 3.31. The molecule has 0 spiro atoms. The van der Waals surface area contributed by atoms with Gasteiger partial charge in [0.1, 0.15) is 5.75 Å². The van der Waals surface area contributed by atoms with Gasteiger partial charge in [-0.3, -0.25) is 9.36 Å². The van der Waals surface area contributed by atoms with Crippen LogP contribution in [-0.4, -0.2) is 39.2 Å². The summed E-state index contributed by atoms with van der Waals surface area (Å²) in [4.78, 5) is 12.5. The van der Waals surface area contributed by atoms with Crippen LogP contribution in [0.3, 0.4) is 0 Å². The van der Waals surface area contributed by atoms with Crippen molar-refractivity contribution in [2.45, 2.75) is 12.1 Å². The van der Waals surface area contributed by atoms with Gasteiger partial charge in [-0.2, -0.15) is 5.10 Å². The van der Waals surface area contributed by atoms with Gasteiger partial charge in [-0.1, -0.05) is 59.8 Å². The number of methoxy groups -OCH3 is 1. The minimum Gasteiger partial charge on any atom is -0.497 e. The molecule has 1 amide bonds. The first-order chi connectivity index (χ1) is 16.6. The van der Waals surface area contributed by atoms with Crippen LogP contribution in [0.15, 0.2) is 89.1 Å². The van der Waals surface area contributed by atoms with Crippen molar-refractivity contribution in [3.8, 4) is 22.8 Å². The number of carbonyl (C=O) groups is 1. The van der Waals surface area contributed by atoms with E-state index in [1.165, 1.54) is 11.8 Å². The van der Waals surface area contributed by atoms with Crippen LogP contribution in [0.4, 0.5) is 0 Å². The van der Waals surface area contributed by atoms with Crippen LogP contribution in [0, 0.1) is 0 Å². The van der Waals surface area contributed by atoms with Gasteiger partial charge in [0, 0.05) is 21.8 Å². The van der Waals surface area contributed by atoms with Crippen LogP contribution in [0.5, 0.6) is 5.75 Å². The highest BCUT2D eigenvalue weighted by molar-refractivity contribution is 7.99. The summed E-state index contributed by atoms with van der Waals surface area (Å²) in [6.07, 6.45) is 0. The molecule has 0 aliphatic carbocycles. The van der Waals surface area contributed by atoms with E-state index in [0.717, 1.165) is 22.6 Å². The smallest absolute Gasteiger partial charge is 0.250 e. The average molecular weight is 492 g/mol. The van der Waals surface area contributed by atoms with E-state index in [1.54, 1.807) is 20.1 Å². The van der Waals surface area contributed by atoms with Gasteiger partial charge in [-0.25, -0.2) is 5.43 Å². The zero-order valence-corrected chi connectivity index (χ0v) is 20.2. The molecule has 3 aromatic carbocycles. The second-order valence-electron chi connectivity index (χ2n) is 7.21. The van der Waals surface area contributed by atoms with Gasteiger partial charge < -0.3 is 4.74 Å². The highest BCUT2D eigenvalue weighted by Crippen LogP contribution is 2.29. The number of rotatable bonds is 8. The first-order valence-electron chi connectivity index (χ1n) is 10.4. The number of amides is 1. The third-order valence-corrected chi connectivity index (χ3v) is 6.20. The number of aromatic nitrogens is 3. The van der Waals surface area contributed by atoms with Gasteiger partial charge >= 0.3 is 0 Å². The fraction of sp³-hybridized carbons (Fsp3) is 0.120. The van der Waals surface area contributed by atoms with Gasteiger partial charge in [-0.15, -0.1) is 10.2 Å². The molecule has 0 unspecified atom stereocenters. The predicted octanol–water partition coefficient (Wildman–Crippen LogP) is 5.23. The van der Waals surface area contributed by atoms with Crippen LogP contribution in [-0.2, 0) is 4.79 Å². The third-order valence-electron chi connectivity index (χ3n) is 4.94. The molecule has 0 atom stereocenters. The lowest BCUT2D eigenvalue weighted by Gasteiger charge is -2.10. The minimum absolute atomic E-state index is 0.118. The lowest BCUT2D eigenvalue weighted by atomic mass is 10.1. The van der Waals surface area contributed by atoms with Crippen LogP contribution in [0.25, 0.3) is 17.1 Å². The number of hydrazone groups is 1. The van der Waals surface area contributed by atoms with E-state index in [9.17, 15) is 4.79 Å². The zero-order valence-electron chi connectivity index (χ0n) is 18.6. The molecule has 0 saturated heterocycles. The Kier molecular flexibility index (Phi) is 7.61. The number of nitrogens with one attached hydrogen (secondary N) is 1. The quantitative estimate of drug-likeness (QED) is 0.207. The molecule has 9 heteroatoms. The molecule has 1 N–H and O–H groups in total. The van der Waals surface area contributed by atoms with E-state index in [0.29, 0.717) is 21.7 Å². The van der Waals surface area contributed by atoms with Gasteiger partial charge in [0.2, 0.25) is 0 Å². The Morgan fingerprint density at radius 2 is 1.74 bits per heavy atom. The summed E-state index contributed by atoms with van der Waals surface area (Å²) in [7, 11) is 1.63. The summed E-state index contributed by atoms with van der Waals surface area (Å²) in [6.45, 7) is 1.79. The Morgan fingerprint density at radius 1 is 1.03 bits per heavy atom. The van der Waals surface area contributed by atoms with Crippen molar-refractivity contribution < 1.29 is 9.53 Å². The van der Waals surface area contributed by atoms with Crippen molar-refractivity contribution in [3.63, 3.8) is 0 Å². The summed E-state index contributed by atoms with van der Waals surface area (Å²) >= 11 is 7.48. The largest absolute Gasteiger partial charge is 0.497 e. The maximum Gasteiger partial charge on any atom is 0.250 e. The number of thioether (sulfide) groups is 1. The molecule has 0 saturated carbocycles. The summed E-state index contributed by atoms with van der Waals surface area (Å²) in [6, 6.07) is 24.7. The Bertz CT molecular complexity index is 1310. The summed E-state index contributed by atoms with van der Waals surface area (Å²) < 4.78 is 7.18. The highest BCUT2D eigenvalue weighted by atomic mass is 35.5. The number of para-hydroxylation sites is 1. The molecule has 4 aromatic rings. The summed E-state index contributed by atoms with van der Waals surface area (Å²) in [5.74, 6) is 1.29. The number of hydrogen-bond donors (Lipinski definition) is 1. The number of halogens is 1. The van der Waals surface area contributed by atoms with E-state index in [1.807, 2.05) is 77.4 Å².